The number of carbonyl (C=O) groups excluding carboxylic acids is 3. The second-order valence-electron chi connectivity index (χ2n) is 10.4. The summed E-state index contributed by atoms with van der Waals surface area (Å²) in [7, 11) is 0. The molecule has 2 N–H and O–H groups in total. The molecule has 1 atom stereocenters. The van der Waals surface area contributed by atoms with Gasteiger partial charge in [0.2, 0.25) is 5.91 Å². The number of hydrogen-bond acceptors (Lipinski definition) is 6. The van der Waals surface area contributed by atoms with E-state index in [4.69, 9.17) is 14.8 Å². The van der Waals surface area contributed by atoms with Gasteiger partial charge in [-0.15, -0.1) is 0 Å². The normalized spacial score (nSPS) is 16.5. The van der Waals surface area contributed by atoms with E-state index >= 15 is 0 Å². The van der Waals surface area contributed by atoms with Gasteiger partial charge in [0.05, 0.1) is 19.1 Å². The molecule has 3 amide bonds. The topological polar surface area (TPSA) is 118 Å². The molecular formula is C32H34N6O4. The number of nitrogens with zero attached hydrogens (tertiary/aromatic N) is 4. The van der Waals surface area contributed by atoms with Gasteiger partial charge in [-0.3, -0.25) is 14.4 Å². The van der Waals surface area contributed by atoms with E-state index < -0.39 is 6.04 Å². The summed E-state index contributed by atoms with van der Waals surface area (Å²) >= 11 is 0. The first kappa shape index (κ1) is 28.5. The number of amides is 3. The highest BCUT2D eigenvalue weighted by molar-refractivity contribution is 5.97. The van der Waals surface area contributed by atoms with Crippen molar-refractivity contribution in [3.63, 3.8) is 0 Å². The van der Waals surface area contributed by atoms with Crippen molar-refractivity contribution < 1.29 is 19.1 Å². The zero-order valence-electron chi connectivity index (χ0n) is 23.7. The van der Waals surface area contributed by atoms with E-state index in [0.29, 0.717) is 35.1 Å². The molecule has 0 radical (unpaired) electrons. The van der Waals surface area contributed by atoms with Crippen molar-refractivity contribution in [2.75, 3.05) is 26.2 Å². The second kappa shape index (κ2) is 13.1. The Hall–Kier alpha value is -4.99. The average molecular weight is 567 g/mol. The van der Waals surface area contributed by atoms with E-state index in [2.05, 4.69) is 10.6 Å². The maximum absolute atomic E-state index is 13.5. The Kier molecular flexibility index (Phi) is 8.91. The summed E-state index contributed by atoms with van der Waals surface area (Å²) < 4.78 is 7.76. The summed E-state index contributed by atoms with van der Waals surface area (Å²) in [6, 6.07) is 24.9. The fourth-order valence-corrected chi connectivity index (χ4v) is 4.78. The van der Waals surface area contributed by atoms with E-state index in [1.54, 1.807) is 53.2 Å². The minimum absolute atomic E-state index is 0.0298. The molecule has 0 fully saturated rings. The van der Waals surface area contributed by atoms with Crippen molar-refractivity contribution in [2.45, 2.75) is 26.4 Å². The van der Waals surface area contributed by atoms with Gasteiger partial charge in [-0.1, -0.05) is 68.4 Å². The minimum atomic E-state index is -0.477. The van der Waals surface area contributed by atoms with E-state index in [0.717, 1.165) is 5.56 Å². The standard InChI is InChI=1S/C32H34N6O4/c1-22(2)28-30-35-29(23-10-5-3-6-11-23)36-38(30)18-19-42-26-15-9-14-25(20-26)31(40)33-16-17-37(21-27(39)34-28)32(41)24-12-7-4-8-13-24/h3-15,20,22,28H,16-19,21H2,1-2H3,(H,33,40)(H,34,39)/t28-/m0/s1. The van der Waals surface area contributed by atoms with Crippen LogP contribution in [0.2, 0.25) is 0 Å². The number of carbonyl (C=O) groups is 3. The largest absolute Gasteiger partial charge is 0.492 e. The van der Waals surface area contributed by atoms with Crippen molar-refractivity contribution in [3.05, 3.63) is 102 Å². The van der Waals surface area contributed by atoms with Crippen LogP contribution in [0.25, 0.3) is 11.4 Å². The van der Waals surface area contributed by atoms with Gasteiger partial charge in [0.15, 0.2) is 11.6 Å². The van der Waals surface area contributed by atoms with Crippen LogP contribution in [0.5, 0.6) is 5.75 Å². The third kappa shape index (κ3) is 6.83. The zero-order chi connectivity index (χ0) is 29.5. The third-order valence-electron chi connectivity index (χ3n) is 6.97. The summed E-state index contributed by atoms with van der Waals surface area (Å²) in [5, 5.41) is 10.7. The van der Waals surface area contributed by atoms with Crippen molar-refractivity contribution in [2.24, 2.45) is 5.92 Å². The molecule has 10 nitrogen and oxygen atoms in total. The van der Waals surface area contributed by atoms with Gasteiger partial charge in [-0.05, 0) is 36.2 Å². The number of benzene rings is 3. The lowest BCUT2D eigenvalue weighted by Crippen LogP contribution is -2.46. The van der Waals surface area contributed by atoms with Crippen LogP contribution in [0.1, 0.15) is 46.4 Å². The molecule has 0 saturated heterocycles. The smallest absolute Gasteiger partial charge is 0.254 e. The van der Waals surface area contributed by atoms with Crippen molar-refractivity contribution in [1.82, 2.24) is 30.3 Å². The molecule has 4 aromatic rings. The predicted molar refractivity (Wildman–Crippen MR) is 158 cm³/mol. The number of aromatic nitrogens is 3. The molecule has 0 saturated carbocycles. The minimum Gasteiger partial charge on any atom is -0.492 e. The predicted octanol–water partition coefficient (Wildman–Crippen LogP) is 3.72. The fourth-order valence-electron chi connectivity index (χ4n) is 4.78. The Labute approximate surface area is 244 Å². The Morgan fingerprint density at radius 3 is 2.38 bits per heavy atom. The van der Waals surface area contributed by atoms with E-state index in [-0.39, 0.29) is 49.9 Å². The van der Waals surface area contributed by atoms with Crippen molar-refractivity contribution >= 4 is 17.7 Å². The van der Waals surface area contributed by atoms with Gasteiger partial charge in [0, 0.05) is 29.8 Å². The van der Waals surface area contributed by atoms with Gasteiger partial charge in [0.1, 0.15) is 12.4 Å². The molecule has 216 valence electrons. The third-order valence-corrected chi connectivity index (χ3v) is 6.97. The second-order valence-corrected chi connectivity index (χ2v) is 10.4. The first-order valence-electron chi connectivity index (χ1n) is 14.0. The summed E-state index contributed by atoms with van der Waals surface area (Å²) in [5.41, 5.74) is 1.75. The molecule has 1 aliphatic heterocycles. The summed E-state index contributed by atoms with van der Waals surface area (Å²) in [4.78, 5) is 46.1. The Bertz CT molecular complexity index is 1540. The van der Waals surface area contributed by atoms with Gasteiger partial charge >= 0.3 is 0 Å². The van der Waals surface area contributed by atoms with Gasteiger partial charge in [0.25, 0.3) is 11.8 Å². The van der Waals surface area contributed by atoms with E-state index in [1.165, 1.54) is 4.90 Å². The van der Waals surface area contributed by atoms with Crippen LogP contribution in [0, 0.1) is 5.92 Å². The first-order chi connectivity index (χ1) is 20.4. The molecule has 5 rings (SSSR count). The highest BCUT2D eigenvalue weighted by atomic mass is 16.5. The fraction of sp³-hybridized carbons (Fsp3) is 0.281. The SMILES string of the molecule is CC(C)[C@@H]1NC(=O)CN(C(=O)c2ccccc2)CCNC(=O)c2cccc(c2)OCCn2nc(-c3ccccc3)nc21. The maximum Gasteiger partial charge on any atom is 0.254 e. The Morgan fingerprint density at radius 2 is 1.64 bits per heavy atom. The first-order valence-corrected chi connectivity index (χ1v) is 14.0. The summed E-state index contributed by atoms with van der Waals surface area (Å²) in [5.74, 6) is 0.712. The lowest BCUT2D eigenvalue weighted by molar-refractivity contribution is -0.123. The van der Waals surface area contributed by atoms with Crippen LogP contribution in [-0.2, 0) is 11.3 Å². The molecule has 2 heterocycles. The summed E-state index contributed by atoms with van der Waals surface area (Å²) in [6.45, 7) is 4.75. The van der Waals surface area contributed by atoms with Crippen LogP contribution >= 0.6 is 0 Å². The number of ether oxygens (including phenoxy) is 1. The van der Waals surface area contributed by atoms with Crippen LogP contribution in [-0.4, -0.2) is 63.6 Å². The molecule has 1 aliphatic rings. The molecule has 0 aliphatic carbocycles. The molecule has 1 aromatic heterocycles. The highest BCUT2D eigenvalue weighted by Gasteiger charge is 2.28. The van der Waals surface area contributed by atoms with Gasteiger partial charge < -0.3 is 20.3 Å². The molecule has 42 heavy (non-hydrogen) atoms. The number of hydrogen-bond donors (Lipinski definition) is 2. The lowest BCUT2D eigenvalue weighted by Gasteiger charge is -2.26. The van der Waals surface area contributed by atoms with Crippen molar-refractivity contribution in [3.8, 4) is 17.1 Å². The van der Waals surface area contributed by atoms with Crippen LogP contribution in [0.15, 0.2) is 84.9 Å². The lowest BCUT2D eigenvalue weighted by atomic mass is 10.0. The number of rotatable bonds is 3. The Morgan fingerprint density at radius 1 is 0.929 bits per heavy atom. The van der Waals surface area contributed by atoms with E-state index in [9.17, 15) is 14.4 Å². The van der Waals surface area contributed by atoms with Crippen molar-refractivity contribution in [1.29, 1.82) is 0 Å². The molecule has 3 aromatic carbocycles. The van der Waals surface area contributed by atoms with Crippen LogP contribution < -0.4 is 15.4 Å². The Balaban J connectivity index is 1.50. The highest BCUT2D eigenvalue weighted by Crippen LogP contribution is 2.24. The molecule has 0 unspecified atom stereocenters. The van der Waals surface area contributed by atoms with Gasteiger partial charge in [-0.25, -0.2) is 9.67 Å². The number of fused-ring (bicyclic) bond motifs is 3. The molecule has 0 spiro atoms. The van der Waals surface area contributed by atoms with Crippen LogP contribution in [0.3, 0.4) is 0 Å². The summed E-state index contributed by atoms with van der Waals surface area (Å²) in [6.07, 6.45) is 0. The van der Waals surface area contributed by atoms with Gasteiger partial charge in [-0.2, -0.15) is 5.10 Å². The quantitative estimate of drug-likeness (QED) is 0.390. The molecular weight excluding hydrogens is 532 g/mol. The average Bonchev–Trinajstić information content (AvgIpc) is 3.43. The zero-order valence-corrected chi connectivity index (χ0v) is 23.7. The molecule has 2 bridgehead atoms. The number of nitrogens with one attached hydrogen (secondary N) is 2. The maximum atomic E-state index is 13.5. The van der Waals surface area contributed by atoms with Crippen LogP contribution in [0.4, 0.5) is 0 Å². The molecule has 10 heteroatoms. The monoisotopic (exact) mass is 566 g/mol. The van der Waals surface area contributed by atoms with E-state index in [1.807, 2.05) is 50.2 Å².